The van der Waals surface area contributed by atoms with Crippen molar-refractivity contribution in [2.75, 3.05) is 57.8 Å². The number of rotatable bonds is 7. The third-order valence-electron chi connectivity index (χ3n) is 6.71. The van der Waals surface area contributed by atoms with Crippen LogP contribution in [0, 0.1) is 0 Å². The molecule has 4 rings (SSSR count). The number of amides is 2. The van der Waals surface area contributed by atoms with Crippen LogP contribution in [0.2, 0.25) is 0 Å². The minimum Gasteiger partial charge on any atom is -0.493 e. The zero-order chi connectivity index (χ0) is 26.5. The summed E-state index contributed by atoms with van der Waals surface area (Å²) in [6.07, 6.45) is 1.20. The molecule has 37 heavy (non-hydrogen) atoms. The van der Waals surface area contributed by atoms with E-state index in [1.165, 1.54) is 6.92 Å². The molecule has 10 heteroatoms. The van der Waals surface area contributed by atoms with Gasteiger partial charge in [-0.15, -0.1) is 0 Å². The SMILES string of the molecule is COc1cc2c(c(OC)c1OC)-c1ccc(NCC(=O)N3CCSCC3)c(=O)cc1C(NC(C)=O)CC2. The van der Waals surface area contributed by atoms with E-state index in [2.05, 4.69) is 10.6 Å². The van der Waals surface area contributed by atoms with E-state index < -0.39 is 0 Å². The van der Waals surface area contributed by atoms with Crippen molar-refractivity contribution in [2.45, 2.75) is 25.8 Å². The summed E-state index contributed by atoms with van der Waals surface area (Å²) >= 11 is 1.83. The van der Waals surface area contributed by atoms with E-state index in [0.29, 0.717) is 54.4 Å². The number of methoxy groups -OCH3 is 3. The van der Waals surface area contributed by atoms with Crippen molar-refractivity contribution in [3.63, 3.8) is 0 Å². The molecule has 198 valence electrons. The molecular formula is C27H33N3O6S. The van der Waals surface area contributed by atoms with Gasteiger partial charge in [-0.05, 0) is 47.7 Å². The normalized spacial score (nSPS) is 16.5. The Morgan fingerprint density at radius 1 is 1.05 bits per heavy atom. The molecule has 1 atom stereocenters. The van der Waals surface area contributed by atoms with Gasteiger partial charge in [0.1, 0.15) is 0 Å². The molecule has 2 N–H and O–H groups in total. The average molecular weight is 528 g/mol. The van der Waals surface area contributed by atoms with Gasteiger partial charge in [0.25, 0.3) is 0 Å². The lowest BCUT2D eigenvalue weighted by Crippen LogP contribution is -2.41. The van der Waals surface area contributed by atoms with E-state index in [1.54, 1.807) is 33.5 Å². The maximum atomic E-state index is 13.3. The van der Waals surface area contributed by atoms with Gasteiger partial charge in [-0.3, -0.25) is 14.4 Å². The fourth-order valence-corrected chi connectivity index (χ4v) is 5.85. The summed E-state index contributed by atoms with van der Waals surface area (Å²) in [6.45, 7) is 2.93. The Hall–Kier alpha value is -3.40. The molecule has 2 aromatic rings. The number of hydrogen-bond donors (Lipinski definition) is 2. The molecular weight excluding hydrogens is 494 g/mol. The number of fused-ring (bicyclic) bond motifs is 3. The standard InChI is InChI=1S/C27H33N3O6S/c1-16(31)29-20-7-5-17-13-23(34-2)26(35-3)27(36-4)25(17)18-6-8-21(22(32)14-19(18)20)28-15-24(33)30-9-11-37-12-10-30/h6,8,13-14,20H,5,7,9-12,15H2,1-4H3,(H,28,32)(H,29,31). The molecule has 2 amide bonds. The van der Waals surface area contributed by atoms with Gasteiger partial charge in [-0.2, -0.15) is 11.8 Å². The van der Waals surface area contributed by atoms with Crippen LogP contribution < -0.4 is 30.3 Å². The monoisotopic (exact) mass is 527 g/mol. The zero-order valence-electron chi connectivity index (χ0n) is 21.6. The first-order chi connectivity index (χ1) is 17.9. The Bertz CT molecular complexity index is 1250. The number of carbonyl (C=O) groups excluding carboxylic acids is 2. The molecule has 1 fully saturated rings. The number of hydrogen-bond acceptors (Lipinski definition) is 8. The smallest absolute Gasteiger partial charge is 0.241 e. The van der Waals surface area contributed by atoms with Crippen LogP contribution in [-0.4, -0.2) is 69.2 Å². The van der Waals surface area contributed by atoms with Crippen molar-refractivity contribution in [3.05, 3.63) is 45.6 Å². The van der Waals surface area contributed by atoms with Crippen LogP contribution in [0.4, 0.5) is 5.69 Å². The van der Waals surface area contributed by atoms with Crippen molar-refractivity contribution < 1.29 is 23.8 Å². The summed E-state index contributed by atoms with van der Waals surface area (Å²) in [5.41, 5.74) is 3.21. The molecule has 1 aliphatic heterocycles. The lowest BCUT2D eigenvalue weighted by Gasteiger charge is -2.26. The zero-order valence-corrected chi connectivity index (χ0v) is 22.5. The third kappa shape index (κ3) is 5.64. The summed E-state index contributed by atoms with van der Waals surface area (Å²) in [5.74, 6) is 3.11. The average Bonchev–Trinajstić information content (AvgIpc) is 3.15. The van der Waals surface area contributed by atoms with E-state index >= 15 is 0 Å². The topological polar surface area (TPSA) is 106 Å². The molecule has 0 radical (unpaired) electrons. The number of ether oxygens (including phenoxy) is 3. The van der Waals surface area contributed by atoms with Crippen LogP contribution in [0.1, 0.15) is 30.5 Å². The van der Waals surface area contributed by atoms with Gasteiger partial charge in [0, 0.05) is 37.1 Å². The molecule has 2 aromatic carbocycles. The highest BCUT2D eigenvalue weighted by atomic mass is 32.2. The van der Waals surface area contributed by atoms with E-state index in [0.717, 1.165) is 28.2 Å². The van der Waals surface area contributed by atoms with Crippen LogP contribution >= 0.6 is 11.8 Å². The van der Waals surface area contributed by atoms with Crippen LogP contribution in [0.3, 0.4) is 0 Å². The second kappa shape index (κ2) is 11.8. The number of carbonyl (C=O) groups is 2. The van der Waals surface area contributed by atoms with Crippen molar-refractivity contribution in [1.82, 2.24) is 10.2 Å². The lowest BCUT2D eigenvalue weighted by atomic mass is 9.95. The Balaban J connectivity index is 1.81. The summed E-state index contributed by atoms with van der Waals surface area (Å²) in [7, 11) is 4.68. The van der Waals surface area contributed by atoms with Crippen LogP contribution in [0.15, 0.2) is 29.1 Å². The van der Waals surface area contributed by atoms with Gasteiger partial charge in [0.2, 0.25) is 23.0 Å². The predicted octanol–water partition coefficient (Wildman–Crippen LogP) is 2.85. The molecule has 1 saturated heterocycles. The summed E-state index contributed by atoms with van der Waals surface area (Å²) < 4.78 is 17.0. The van der Waals surface area contributed by atoms with E-state index in [4.69, 9.17) is 14.2 Å². The fraction of sp³-hybridized carbons (Fsp3) is 0.444. The maximum absolute atomic E-state index is 13.3. The van der Waals surface area contributed by atoms with Crippen molar-refractivity contribution in [1.29, 1.82) is 0 Å². The Morgan fingerprint density at radius 2 is 1.78 bits per heavy atom. The van der Waals surface area contributed by atoms with E-state index in [9.17, 15) is 14.4 Å². The fourth-order valence-electron chi connectivity index (χ4n) is 4.95. The number of anilines is 1. The molecule has 0 spiro atoms. The minimum absolute atomic E-state index is 0.0345. The first-order valence-corrected chi connectivity index (χ1v) is 13.4. The highest BCUT2D eigenvalue weighted by Crippen LogP contribution is 2.50. The second-order valence-electron chi connectivity index (χ2n) is 8.94. The Morgan fingerprint density at radius 3 is 2.43 bits per heavy atom. The van der Waals surface area contributed by atoms with Crippen molar-refractivity contribution in [2.24, 2.45) is 0 Å². The molecule has 1 heterocycles. The Labute approximate surface area is 220 Å². The third-order valence-corrected chi connectivity index (χ3v) is 7.65. The van der Waals surface area contributed by atoms with Gasteiger partial charge in [-0.25, -0.2) is 0 Å². The summed E-state index contributed by atoms with van der Waals surface area (Å²) in [4.78, 5) is 39.9. The maximum Gasteiger partial charge on any atom is 0.241 e. The van der Waals surface area contributed by atoms with Gasteiger partial charge in [-0.1, -0.05) is 6.07 Å². The van der Waals surface area contributed by atoms with E-state index in [1.807, 2.05) is 28.8 Å². The molecule has 0 aromatic heterocycles. The second-order valence-corrected chi connectivity index (χ2v) is 10.2. The Kier molecular flexibility index (Phi) is 8.48. The highest BCUT2D eigenvalue weighted by Gasteiger charge is 2.29. The van der Waals surface area contributed by atoms with Gasteiger partial charge >= 0.3 is 0 Å². The van der Waals surface area contributed by atoms with Crippen LogP contribution in [0.5, 0.6) is 17.2 Å². The molecule has 9 nitrogen and oxygen atoms in total. The summed E-state index contributed by atoms with van der Waals surface area (Å²) in [5, 5.41) is 6.04. The van der Waals surface area contributed by atoms with Crippen molar-refractivity contribution in [3.8, 4) is 28.4 Å². The van der Waals surface area contributed by atoms with Gasteiger partial charge in [0.05, 0.1) is 39.6 Å². The first kappa shape index (κ1) is 26.7. The molecule has 1 unspecified atom stereocenters. The lowest BCUT2D eigenvalue weighted by molar-refractivity contribution is -0.129. The summed E-state index contributed by atoms with van der Waals surface area (Å²) in [6, 6.07) is 6.61. The number of nitrogens with zero attached hydrogens (tertiary/aromatic N) is 1. The predicted molar refractivity (Wildman–Crippen MR) is 145 cm³/mol. The van der Waals surface area contributed by atoms with Crippen LogP contribution in [-0.2, 0) is 16.0 Å². The minimum atomic E-state index is -0.387. The largest absolute Gasteiger partial charge is 0.493 e. The van der Waals surface area contributed by atoms with Crippen molar-refractivity contribution >= 4 is 29.3 Å². The first-order valence-electron chi connectivity index (χ1n) is 12.2. The number of benzene rings is 1. The van der Waals surface area contributed by atoms with Crippen LogP contribution in [0.25, 0.3) is 11.1 Å². The molecule has 0 saturated carbocycles. The van der Waals surface area contributed by atoms with Gasteiger partial charge < -0.3 is 29.7 Å². The van der Waals surface area contributed by atoms with Gasteiger partial charge in [0.15, 0.2) is 11.5 Å². The number of aryl methyl sites for hydroxylation is 1. The quantitative estimate of drug-likeness (QED) is 0.566. The number of thioether (sulfide) groups is 1. The highest BCUT2D eigenvalue weighted by molar-refractivity contribution is 7.99. The molecule has 0 bridgehead atoms. The molecule has 2 aliphatic rings. The van der Waals surface area contributed by atoms with E-state index in [-0.39, 0.29) is 29.8 Å². The number of nitrogens with one attached hydrogen (secondary N) is 2. The molecule has 1 aliphatic carbocycles.